The number of hydrogen-bond donors (Lipinski definition) is 0. The summed E-state index contributed by atoms with van der Waals surface area (Å²) in [5, 5.41) is 0. The summed E-state index contributed by atoms with van der Waals surface area (Å²) in [6.45, 7) is 0. The van der Waals surface area contributed by atoms with Gasteiger partial charge in [-0.1, -0.05) is 0 Å². The number of rotatable bonds is 2. The summed E-state index contributed by atoms with van der Waals surface area (Å²) in [5.74, 6) is 0.0380. The molecular weight excluding hydrogens is 258 g/mol. The molecule has 1 aromatic rings. The van der Waals surface area contributed by atoms with Crippen LogP contribution >= 0.6 is 0 Å². The maximum absolute atomic E-state index is 13.2. The normalized spacial score (nSPS) is 17.4. The van der Waals surface area contributed by atoms with E-state index in [-0.39, 0.29) is 5.82 Å². The Bertz CT molecular complexity index is 268. The van der Waals surface area contributed by atoms with E-state index in [9.17, 15) is 4.39 Å². The van der Waals surface area contributed by atoms with Crippen molar-refractivity contribution in [1.29, 1.82) is 0 Å². The summed E-state index contributed by atoms with van der Waals surface area (Å²) in [7, 11) is 0. The van der Waals surface area contributed by atoms with Crippen molar-refractivity contribution in [3.63, 3.8) is 0 Å². The Morgan fingerprint density at radius 2 is 2.00 bits per heavy atom. The molecule has 1 fully saturated rings. The van der Waals surface area contributed by atoms with Gasteiger partial charge in [-0.05, 0) is 0 Å². The van der Waals surface area contributed by atoms with E-state index in [1.165, 1.54) is 19.3 Å². The summed E-state index contributed by atoms with van der Waals surface area (Å²) >= 11 is -0.582. The predicted molar refractivity (Wildman–Crippen MR) is 49.4 cm³/mol. The van der Waals surface area contributed by atoms with Gasteiger partial charge in [0.15, 0.2) is 0 Å². The van der Waals surface area contributed by atoms with Crippen molar-refractivity contribution in [2.24, 2.45) is 0 Å². The Kier molecular flexibility index (Phi) is 2.69. The van der Waals surface area contributed by atoms with Crippen LogP contribution in [0.3, 0.4) is 0 Å². The van der Waals surface area contributed by atoms with Crippen molar-refractivity contribution in [2.75, 3.05) is 0 Å². The topological polar surface area (TPSA) is 0 Å². The summed E-state index contributed by atoms with van der Waals surface area (Å²) in [6.07, 6.45) is 4.10. The molecule has 0 bridgehead atoms. The van der Waals surface area contributed by atoms with Gasteiger partial charge in [0, 0.05) is 0 Å². The second-order valence-electron chi connectivity index (χ2n) is 3.25. The third-order valence-corrected chi connectivity index (χ3v) is 7.20. The van der Waals surface area contributed by atoms with Crippen LogP contribution in [0.5, 0.6) is 0 Å². The van der Waals surface area contributed by atoms with Gasteiger partial charge in [0.2, 0.25) is 0 Å². The molecule has 12 heavy (non-hydrogen) atoms. The van der Waals surface area contributed by atoms with Crippen LogP contribution in [0.2, 0.25) is 3.93 Å². The maximum atomic E-state index is 13.2. The van der Waals surface area contributed by atoms with Crippen LogP contribution in [0.25, 0.3) is 0 Å². The van der Waals surface area contributed by atoms with E-state index in [0.29, 0.717) is 0 Å². The summed E-state index contributed by atoms with van der Waals surface area (Å²) in [6, 6.07) is 7.30. The van der Waals surface area contributed by atoms with Gasteiger partial charge in [-0.2, -0.15) is 0 Å². The number of benzene rings is 1. The molecule has 0 nitrogen and oxygen atoms in total. The van der Waals surface area contributed by atoms with Crippen molar-refractivity contribution in [2.45, 2.75) is 23.2 Å². The van der Waals surface area contributed by atoms with E-state index in [2.05, 4.69) is 0 Å². The van der Waals surface area contributed by atoms with Gasteiger partial charge >= 0.3 is 82.4 Å². The van der Waals surface area contributed by atoms with Gasteiger partial charge in [-0.3, -0.25) is 0 Å². The SMILES string of the molecule is Fc1cccc[c]1[Sn][CH]1CCC1. The average molecular weight is 269 g/mol. The second-order valence-corrected chi connectivity index (χ2v) is 7.94. The fourth-order valence-corrected chi connectivity index (χ4v) is 5.78. The number of hydrogen-bond acceptors (Lipinski definition) is 0. The monoisotopic (exact) mass is 270 g/mol. The van der Waals surface area contributed by atoms with Crippen LogP contribution in [0, 0.1) is 5.82 Å². The van der Waals surface area contributed by atoms with E-state index in [4.69, 9.17) is 0 Å². The minimum atomic E-state index is -0.582. The van der Waals surface area contributed by atoms with Crippen LogP contribution in [0.4, 0.5) is 4.39 Å². The Morgan fingerprint density at radius 1 is 1.25 bits per heavy atom. The standard InChI is InChI=1S/C6H4F.C4H7.Sn/c7-6-4-2-1-3-5-6;1-2-4-3-1;/h1-4H;1H,2-4H2;. The van der Waals surface area contributed by atoms with Gasteiger partial charge in [-0.15, -0.1) is 0 Å². The van der Waals surface area contributed by atoms with Crippen LogP contribution in [0.15, 0.2) is 24.3 Å². The van der Waals surface area contributed by atoms with E-state index >= 15 is 0 Å². The van der Waals surface area contributed by atoms with Gasteiger partial charge in [0.1, 0.15) is 0 Å². The summed E-state index contributed by atoms with van der Waals surface area (Å²) in [5.41, 5.74) is 0. The van der Waals surface area contributed by atoms with Crippen LogP contribution in [0.1, 0.15) is 19.3 Å². The van der Waals surface area contributed by atoms with Crippen molar-refractivity contribution in [1.82, 2.24) is 0 Å². The molecule has 62 valence electrons. The van der Waals surface area contributed by atoms with Gasteiger partial charge in [-0.25, -0.2) is 0 Å². The molecule has 0 aliphatic heterocycles. The molecule has 1 aromatic carbocycles. The fraction of sp³-hybridized carbons (Fsp3) is 0.400. The second kappa shape index (κ2) is 3.77. The quantitative estimate of drug-likeness (QED) is 0.721. The zero-order chi connectivity index (χ0) is 8.39. The molecule has 1 aliphatic rings. The summed E-state index contributed by atoms with van der Waals surface area (Å²) in [4.78, 5) is 0. The third kappa shape index (κ3) is 1.82. The molecule has 2 heteroatoms. The van der Waals surface area contributed by atoms with Crippen LogP contribution in [-0.4, -0.2) is 21.1 Å². The first-order chi connectivity index (χ1) is 5.86. The first-order valence-corrected chi connectivity index (χ1v) is 7.45. The Morgan fingerprint density at radius 3 is 2.58 bits per heavy atom. The zero-order valence-corrected chi connectivity index (χ0v) is 9.74. The number of halogens is 1. The molecule has 0 atom stereocenters. The molecule has 0 aromatic heterocycles. The van der Waals surface area contributed by atoms with E-state index in [1.807, 2.05) is 12.1 Å². The van der Waals surface area contributed by atoms with Crippen molar-refractivity contribution < 1.29 is 4.39 Å². The Hall–Kier alpha value is -0.0513. The van der Waals surface area contributed by atoms with Gasteiger partial charge < -0.3 is 0 Å². The molecule has 0 saturated heterocycles. The average Bonchev–Trinajstić information content (AvgIpc) is 2.00. The van der Waals surface area contributed by atoms with E-state index in [1.54, 1.807) is 12.1 Å². The molecule has 1 saturated carbocycles. The Labute approximate surface area is 82.4 Å². The van der Waals surface area contributed by atoms with Crippen molar-refractivity contribution >= 4 is 24.7 Å². The van der Waals surface area contributed by atoms with Crippen LogP contribution < -0.4 is 3.58 Å². The first-order valence-electron chi connectivity index (χ1n) is 4.37. The summed E-state index contributed by atoms with van der Waals surface area (Å²) < 4.78 is 15.1. The molecule has 2 radical (unpaired) electrons. The van der Waals surface area contributed by atoms with E-state index in [0.717, 1.165) is 7.51 Å². The van der Waals surface area contributed by atoms with Crippen molar-refractivity contribution in [3.8, 4) is 0 Å². The molecule has 0 unspecified atom stereocenters. The molecule has 0 N–H and O–H groups in total. The molecule has 2 rings (SSSR count). The minimum absolute atomic E-state index is 0.0380. The predicted octanol–water partition coefficient (Wildman–Crippen LogP) is 2.13. The molecule has 0 spiro atoms. The van der Waals surface area contributed by atoms with Gasteiger partial charge in [0.25, 0.3) is 0 Å². The van der Waals surface area contributed by atoms with E-state index < -0.39 is 21.1 Å². The van der Waals surface area contributed by atoms with Crippen molar-refractivity contribution in [3.05, 3.63) is 30.1 Å². The first kappa shape index (κ1) is 8.54. The Balaban J connectivity index is 2.06. The molecule has 1 aliphatic carbocycles. The molecular formula is C10H11FSn. The fourth-order valence-electron chi connectivity index (χ4n) is 1.35. The molecule has 0 heterocycles. The molecule has 0 amide bonds. The van der Waals surface area contributed by atoms with Gasteiger partial charge in [0.05, 0.1) is 0 Å². The van der Waals surface area contributed by atoms with Crippen LogP contribution in [-0.2, 0) is 0 Å². The zero-order valence-electron chi connectivity index (χ0n) is 6.89. The third-order valence-electron chi connectivity index (χ3n) is 2.34.